The van der Waals surface area contributed by atoms with Gasteiger partial charge in [0.1, 0.15) is 11.6 Å². The van der Waals surface area contributed by atoms with Crippen LogP contribution in [0.15, 0.2) is 0 Å². The maximum absolute atomic E-state index is 11.8. The lowest BCUT2D eigenvalue weighted by Gasteiger charge is -2.25. The predicted octanol–water partition coefficient (Wildman–Crippen LogP) is 1.91. The molecule has 0 aromatic rings. The topological polar surface area (TPSA) is 55.8 Å². The summed E-state index contributed by atoms with van der Waals surface area (Å²) in [5.41, 5.74) is -0.556. The van der Waals surface area contributed by atoms with Crippen molar-refractivity contribution in [1.82, 2.24) is 4.90 Å². The fourth-order valence-corrected chi connectivity index (χ4v) is 1.49. The number of nitrogens with zero attached hydrogens (tertiary/aromatic N) is 1. The maximum atomic E-state index is 11.8. The zero-order valence-corrected chi connectivity index (χ0v) is 10.3. The van der Waals surface area contributed by atoms with Crippen LogP contribution in [-0.4, -0.2) is 35.3 Å². The first kappa shape index (κ1) is 12.8. The molecule has 1 fully saturated rings. The Morgan fingerprint density at radius 3 is 2.69 bits per heavy atom. The maximum Gasteiger partial charge on any atom is 0.413 e. The summed E-state index contributed by atoms with van der Waals surface area (Å²) >= 11 is 0. The van der Waals surface area contributed by atoms with E-state index in [9.17, 15) is 9.59 Å². The summed E-state index contributed by atoms with van der Waals surface area (Å²) in [4.78, 5) is 24.5. The lowest BCUT2D eigenvalue weighted by atomic mass is 10.1. The first-order valence-electron chi connectivity index (χ1n) is 5.51. The molecule has 1 saturated heterocycles. The number of ether oxygens (including phenoxy) is 2. The summed E-state index contributed by atoms with van der Waals surface area (Å²) in [6, 6.07) is -0.486. The molecule has 16 heavy (non-hydrogen) atoms. The first-order chi connectivity index (χ1) is 7.35. The van der Waals surface area contributed by atoms with E-state index in [-0.39, 0.29) is 12.7 Å². The Bertz CT molecular complexity index is 282. The van der Waals surface area contributed by atoms with E-state index in [4.69, 9.17) is 9.47 Å². The Morgan fingerprint density at radius 2 is 2.19 bits per heavy atom. The van der Waals surface area contributed by atoms with Gasteiger partial charge in [0.15, 0.2) is 6.73 Å². The van der Waals surface area contributed by atoms with Gasteiger partial charge in [0.25, 0.3) is 0 Å². The van der Waals surface area contributed by atoms with E-state index in [0.717, 1.165) is 6.42 Å². The number of esters is 1. The molecule has 5 nitrogen and oxygen atoms in total. The van der Waals surface area contributed by atoms with Crippen molar-refractivity contribution in [1.29, 1.82) is 0 Å². The summed E-state index contributed by atoms with van der Waals surface area (Å²) in [6.07, 6.45) is 0.939. The molecule has 0 radical (unpaired) electrons. The molecule has 1 atom stereocenters. The van der Waals surface area contributed by atoms with Gasteiger partial charge in [0.2, 0.25) is 0 Å². The second-order valence-corrected chi connectivity index (χ2v) is 4.85. The second kappa shape index (κ2) is 4.72. The zero-order valence-electron chi connectivity index (χ0n) is 10.3. The van der Waals surface area contributed by atoms with Crippen molar-refractivity contribution in [3.8, 4) is 0 Å². The van der Waals surface area contributed by atoms with Gasteiger partial charge in [-0.2, -0.15) is 0 Å². The third kappa shape index (κ3) is 3.12. The summed E-state index contributed by atoms with van der Waals surface area (Å²) < 4.78 is 10.1. The minimum Gasteiger partial charge on any atom is -0.444 e. The van der Waals surface area contributed by atoms with Crippen molar-refractivity contribution < 1.29 is 19.1 Å². The number of carbonyl (C=O) groups excluding carboxylic acids is 2. The van der Waals surface area contributed by atoms with Crippen LogP contribution < -0.4 is 0 Å². The molecule has 0 saturated carbocycles. The number of amides is 1. The van der Waals surface area contributed by atoms with Gasteiger partial charge in [-0.1, -0.05) is 13.3 Å². The van der Waals surface area contributed by atoms with Gasteiger partial charge in [-0.25, -0.2) is 9.59 Å². The summed E-state index contributed by atoms with van der Waals surface area (Å²) in [5, 5.41) is 0. The number of carbonyl (C=O) groups is 2. The molecule has 0 N–H and O–H groups in total. The molecular weight excluding hydrogens is 210 g/mol. The molecule has 0 aliphatic carbocycles. The molecule has 1 aliphatic rings. The van der Waals surface area contributed by atoms with Gasteiger partial charge in [0.05, 0.1) is 0 Å². The van der Waals surface area contributed by atoms with Crippen molar-refractivity contribution >= 4 is 12.1 Å². The van der Waals surface area contributed by atoms with Crippen molar-refractivity contribution in [3.63, 3.8) is 0 Å². The standard InChI is InChI=1S/C11H19NO4/c1-5-6-8-9(13)15-7-12(8)10(14)16-11(2,3)4/h8H,5-7H2,1-4H3. The Morgan fingerprint density at radius 1 is 1.56 bits per heavy atom. The lowest BCUT2D eigenvalue weighted by molar-refractivity contribution is -0.139. The summed E-state index contributed by atoms with van der Waals surface area (Å²) in [6.45, 7) is 7.33. The fraction of sp³-hybridized carbons (Fsp3) is 0.818. The average Bonchev–Trinajstić information content (AvgIpc) is 2.46. The van der Waals surface area contributed by atoms with Crippen LogP contribution in [0.1, 0.15) is 40.5 Å². The number of rotatable bonds is 2. The van der Waals surface area contributed by atoms with E-state index >= 15 is 0 Å². The predicted molar refractivity (Wildman–Crippen MR) is 57.7 cm³/mol. The molecule has 1 aliphatic heterocycles. The van der Waals surface area contributed by atoms with E-state index < -0.39 is 17.7 Å². The Balaban J connectivity index is 2.65. The molecule has 0 aromatic carbocycles. The second-order valence-electron chi connectivity index (χ2n) is 4.85. The van der Waals surface area contributed by atoms with Crippen LogP contribution in [0.3, 0.4) is 0 Å². The van der Waals surface area contributed by atoms with E-state index in [0.29, 0.717) is 6.42 Å². The molecule has 92 valence electrons. The highest BCUT2D eigenvalue weighted by Crippen LogP contribution is 2.19. The molecule has 1 unspecified atom stereocenters. The normalized spacial score (nSPS) is 20.9. The van der Waals surface area contributed by atoms with Crippen molar-refractivity contribution in [2.24, 2.45) is 0 Å². The van der Waals surface area contributed by atoms with E-state index in [1.807, 2.05) is 6.92 Å². The summed E-state index contributed by atoms with van der Waals surface area (Å²) in [7, 11) is 0. The Kier molecular flexibility index (Phi) is 3.78. The Hall–Kier alpha value is -1.26. The SMILES string of the molecule is CCCC1C(=O)OCN1C(=O)OC(C)(C)C. The zero-order chi connectivity index (χ0) is 12.3. The highest BCUT2D eigenvalue weighted by molar-refractivity contribution is 5.83. The fourth-order valence-electron chi connectivity index (χ4n) is 1.49. The van der Waals surface area contributed by atoms with Crippen LogP contribution in [0, 0.1) is 0 Å². The smallest absolute Gasteiger partial charge is 0.413 e. The number of hydrogen-bond acceptors (Lipinski definition) is 4. The van der Waals surface area contributed by atoms with Crippen molar-refractivity contribution in [2.75, 3.05) is 6.73 Å². The van der Waals surface area contributed by atoms with Gasteiger partial charge >= 0.3 is 12.1 Å². The number of hydrogen-bond donors (Lipinski definition) is 0. The molecule has 1 heterocycles. The van der Waals surface area contributed by atoms with E-state index in [1.54, 1.807) is 20.8 Å². The van der Waals surface area contributed by atoms with Crippen LogP contribution in [0.2, 0.25) is 0 Å². The third-order valence-electron chi connectivity index (χ3n) is 2.18. The minimum absolute atomic E-state index is 0.00157. The van der Waals surface area contributed by atoms with Gasteiger partial charge < -0.3 is 9.47 Å². The largest absolute Gasteiger partial charge is 0.444 e. The van der Waals surface area contributed by atoms with Crippen LogP contribution in [0.25, 0.3) is 0 Å². The monoisotopic (exact) mass is 229 g/mol. The van der Waals surface area contributed by atoms with Crippen LogP contribution in [0.5, 0.6) is 0 Å². The first-order valence-corrected chi connectivity index (χ1v) is 5.51. The van der Waals surface area contributed by atoms with Crippen molar-refractivity contribution in [2.45, 2.75) is 52.2 Å². The summed E-state index contributed by atoms with van der Waals surface area (Å²) in [5.74, 6) is -0.340. The minimum atomic E-state index is -0.556. The van der Waals surface area contributed by atoms with Crippen LogP contribution in [-0.2, 0) is 14.3 Å². The van der Waals surface area contributed by atoms with Gasteiger partial charge in [-0.15, -0.1) is 0 Å². The molecule has 5 heteroatoms. The highest BCUT2D eigenvalue weighted by atomic mass is 16.6. The van der Waals surface area contributed by atoms with E-state index in [1.165, 1.54) is 4.90 Å². The van der Waals surface area contributed by atoms with Gasteiger partial charge in [-0.3, -0.25) is 4.90 Å². The van der Waals surface area contributed by atoms with Gasteiger partial charge in [-0.05, 0) is 27.2 Å². The molecule has 0 bridgehead atoms. The number of cyclic esters (lactones) is 1. The quantitative estimate of drug-likeness (QED) is 0.679. The molecular formula is C11H19NO4. The molecule has 1 rings (SSSR count). The highest BCUT2D eigenvalue weighted by Gasteiger charge is 2.39. The van der Waals surface area contributed by atoms with E-state index in [2.05, 4.69) is 0 Å². The van der Waals surface area contributed by atoms with Crippen LogP contribution in [0.4, 0.5) is 4.79 Å². The van der Waals surface area contributed by atoms with Gasteiger partial charge in [0, 0.05) is 0 Å². The van der Waals surface area contributed by atoms with Crippen LogP contribution >= 0.6 is 0 Å². The third-order valence-corrected chi connectivity index (χ3v) is 2.18. The van der Waals surface area contributed by atoms with Crippen molar-refractivity contribution in [3.05, 3.63) is 0 Å². The molecule has 0 aromatic heterocycles. The average molecular weight is 229 g/mol. The lowest BCUT2D eigenvalue weighted by Crippen LogP contribution is -2.41. The molecule has 0 spiro atoms. The Labute approximate surface area is 95.7 Å². The molecule has 1 amide bonds.